The van der Waals surface area contributed by atoms with Crippen molar-refractivity contribution in [2.24, 2.45) is 29.6 Å². The Kier molecular flexibility index (Phi) is 31.5. The molecule has 344 valence electrons. The number of hydrogen-bond acceptors (Lipinski definition) is 11. The van der Waals surface area contributed by atoms with E-state index in [1.807, 2.05) is 20.9 Å². The number of rotatable bonds is 0. The second kappa shape index (κ2) is 33.7. The maximum absolute atomic E-state index is 10.5. The minimum absolute atomic E-state index is 0.0417. The van der Waals surface area contributed by atoms with Crippen LogP contribution in [-0.4, -0.2) is 166 Å². The van der Waals surface area contributed by atoms with E-state index in [-0.39, 0.29) is 23.8 Å². The molecule has 15 heteroatoms. The zero-order valence-electron chi connectivity index (χ0n) is 38.5. The fourth-order valence-corrected chi connectivity index (χ4v) is 8.62. The maximum Gasteiger partial charge on any atom is 0.317 e. The van der Waals surface area contributed by atoms with Crippen LogP contribution in [0.5, 0.6) is 0 Å². The van der Waals surface area contributed by atoms with Crippen LogP contribution in [0.3, 0.4) is 0 Å². The Balaban J connectivity index is 0.000000332. The van der Waals surface area contributed by atoms with Crippen molar-refractivity contribution < 1.29 is 28.7 Å². The number of thioether (sulfide) groups is 2. The molecule has 9 aliphatic heterocycles. The van der Waals surface area contributed by atoms with Crippen LogP contribution in [0.25, 0.3) is 0 Å². The standard InChI is InChI=1S/3C5H9NO.2C5H11N.C5H8OS.C5H10O.C5H10S.C4H8N2O/c1-4-2-6-3-5(4)7;1-6-4-2-3-5(6)7;1-4-2-3-6-5(4)7;1-5-2-3-6-4-5;1-6-4-2-3-5-6;1-4-2-5(6)3-7-4;2*1-5-2-3-6-4-5;1-6-3-2-5-4(6)7/h4,6H,2-3H2,1H3;2-4H2,1H3;4H,2-3H2,1H3,(H,6,7);5-6H,2-4H2,1H3;2-5H2,1H3;4H,2-3H2,1H3;2*5H,2-4H2,1H3;2-3H2,1H3,(H,5,7). The number of likely N-dealkylation sites (N-methyl/N-ethyl adjacent to an activating group) is 1. The second-order valence-corrected chi connectivity index (χ2v) is 20.0. The molecule has 0 aromatic rings. The second-order valence-electron chi connectivity index (χ2n) is 17.5. The fourth-order valence-electron chi connectivity index (χ4n) is 6.42. The van der Waals surface area contributed by atoms with Gasteiger partial charge in [0, 0.05) is 90.0 Å². The van der Waals surface area contributed by atoms with Crippen molar-refractivity contribution in [3.05, 3.63) is 0 Å². The Hall–Kier alpha value is -1.91. The molecule has 9 aliphatic rings. The number of carbonyl (C=O) groups is 5. The predicted octanol–water partition coefficient (Wildman–Crippen LogP) is 5.03. The number of hydrogen-bond donors (Lipinski definition) is 4. The van der Waals surface area contributed by atoms with Crippen LogP contribution in [0.15, 0.2) is 0 Å². The van der Waals surface area contributed by atoms with E-state index in [1.54, 1.807) is 28.6 Å². The van der Waals surface area contributed by atoms with Crippen LogP contribution in [0.1, 0.15) is 99.3 Å². The summed E-state index contributed by atoms with van der Waals surface area (Å²) in [5, 5.41) is 12.2. The smallest absolute Gasteiger partial charge is 0.317 e. The molecule has 0 aromatic heterocycles. The lowest BCUT2D eigenvalue weighted by Gasteiger charge is -2.03. The van der Waals surface area contributed by atoms with E-state index >= 15 is 0 Å². The lowest BCUT2D eigenvalue weighted by atomic mass is 10.1. The van der Waals surface area contributed by atoms with Crippen LogP contribution < -0.4 is 21.3 Å². The van der Waals surface area contributed by atoms with E-state index < -0.39 is 0 Å². The van der Waals surface area contributed by atoms with Gasteiger partial charge < -0.3 is 40.7 Å². The number of urea groups is 1. The summed E-state index contributed by atoms with van der Waals surface area (Å²) in [6, 6.07) is 0.0417. The van der Waals surface area contributed by atoms with Gasteiger partial charge in [-0.2, -0.15) is 23.5 Å². The highest BCUT2D eigenvalue weighted by Crippen LogP contribution is 2.22. The Bertz CT molecular complexity index is 1010. The summed E-state index contributed by atoms with van der Waals surface area (Å²) in [6.07, 6.45) is 10.5. The van der Waals surface area contributed by atoms with Crippen LogP contribution >= 0.6 is 23.5 Å². The van der Waals surface area contributed by atoms with Gasteiger partial charge in [-0.15, -0.1) is 0 Å². The molecule has 9 fully saturated rings. The average molecular weight is 872 g/mol. The summed E-state index contributed by atoms with van der Waals surface area (Å²) in [4.78, 5) is 58.1. The minimum atomic E-state index is 0.0417. The van der Waals surface area contributed by atoms with Crippen LogP contribution in [-0.2, 0) is 23.9 Å². The van der Waals surface area contributed by atoms with Gasteiger partial charge in [-0.3, -0.25) is 19.2 Å². The number of Topliss-reactive ketones (excluding diaryl/α,β-unsaturated/α-hetero) is 2. The summed E-state index contributed by atoms with van der Waals surface area (Å²) in [5.74, 6) is 8.12. The summed E-state index contributed by atoms with van der Waals surface area (Å²) < 4.78 is 5.06. The largest absolute Gasteiger partial charge is 0.381 e. The van der Waals surface area contributed by atoms with Gasteiger partial charge in [0.1, 0.15) is 5.78 Å². The molecule has 4 amide bonds. The molecule has 0 bridgehead atoms. The van der Waals surface area contributed by atoms with Crippen molar-refractivity contribution in [2.45, 2.75) is 105 Å². The van der Waals surface area contributed by atoms with Crippen LogP contribution in [0, 0.1) is 29.6 Å². The summed E-state index contributed by atoms with van der Waals surface area (Å²) in [5.41, 5.74) is 0. The zero-order chi connectivity index (χ0) is 44.0. The number of amides is 4. The van der Waals surface area contributed by atoms with Crippen molar-refractivity contribution in [3.63, 3.8) is 0 Å². The van der Waals surface area contributed by atoms with Gasteiger partial charge in [0.05, 0.1) is 12.3 Å². The molecule has 0 spiro atoms. The van der Waals surface area contributed by atoms with Gasteiger partial charge in [-0.05, 0) is 107 Å². The van der Waals surface area contributed by atoms with Crippen molar-refractivity contribution in [3.8, 4) is 0 Å². The van der Waals surface area contributed by atoms with Crippen molar-refractivity contribution >= 4 is 52.9 Å². The highest BCUT2D eigenvalue weighted by molar-refractivity contribution is 8.01. The zero-order valence-corrected chi connectivity index (χ0v) is 40.2. The van der Waals surface area contributed by atoms with E-state index in [4.69, 9.17) is 4.74 Å². The summed E-state index contributed by atoms with van der Waals surface area (Å²) in [6.45, 7) is 24.8. The Morgan fingerprint density at radius 1 is 0.678 bits per heavy atom. The molecule has 0 aromatic carbocycles. The fraction of sp³-hybridized carbons (Fsp3) is 0.886. The monoisotopic (exact) mass is 872 g/mol. The Labute approximate surface area is 367 Å². The average Bonchev–Trinajstić information content (AvgIpc) is 4.03. The van der Waals surface area contributed by atoms with Crippen molar-refractivity contribution in [2.75, 3.05) is 117 Å². The number of carbonyl (C=O) groups excluding carboxylic acids is 5. The van der Waals surface area contributed by atoms with Gasteiger partial charge in [0.15, 0.2) is 5.78 Å². The van der Waals surface area contributed by atoms with E-state index in [9.17, 15) is 24.0 Å². The number of likely N-dealkylation sites (tertiary alicyclic amines) is 2. The normalized spacial score (nSPS) is 29.1. The van der Waals surface area contributed by atoms with Gasteiger partial charge in [0.25, 0.3) is 0 Å². The van der Waals surface area contributed by atoms with Gasteiger partial charge in [-0.1, -0.05) is 41.5 Å². The molecule has 59 heavy (non-hydrogen) atoms. The van der Waals surface area contributed by atoms with Crippen LogP contribution in [0.4, 0.5) is 4.79 Å². The molecule has 0 aliphatic carbocycles. The minimum Gasteiger partial charge on any atom is -0.381 e. The third-order valence-electron chi connectivity index (χ3n) is 11.0. The molecule has 0 radical (unpaired) electrons. The van der Waals surface area contributed by atoms with Gasteiger partial charge in [-0.25, -0.2) is 4.79 Å². The predicted molar refractivity (Wildman–Crippen MR) is 247 cm³/mol. The van der Waals surface area contributed by atoms with Gasteiger partial charge in [0.2, 0.25) is 11.8 Å². The summed E-state index contributed by atoms with van der Waals surface area (Å²) in [7, 11) is 5.80. The molecule has 9 saturated heterocycles. The number of ether oxygens (including phenoxy) is 1. The number of nitrogens with zero attached hydrogens (tertiary/aromatic N) is 3. The Morgan fingerprint density at radius 3 is 1.56 bits per heavy atom. The quantitative estimate of drug-likeness (QED) is 0.260. The van der Waals surface area contributed by atoms with Crippen molar-refractivity contribution in [1.29, 1.82) is 0 Å². The van der Waals surface area contributed by atoms with Gasteiger partial charge >= 0.3 is 6.03 Å². The molecular formula is C44H85N7O6S2. The molecule has 6 unspecified atom stereocenters. The van der Waals surface area contributed by atoms with E-state index in [1.165, 1.54) is 69.8 Å². The van der Waals surface area contributed by atoms with E-state index in [2.05, 4.69) is 72.7 Å². The maximum atomic E-state index is 10.5. The molecule has 4 N–H and O–H groups in total. The summed E-state index contributed by atoms with van der Waals surface area (Å²) >= 11 is 3.84. The first-order valence-corrected chi connectivity index (χ1v) is 24.7. The lowest BCUT2D eigenvalue weighted by molar-refractivity contribution is -0.126. The molecule has 9 rings (SSSR count). The Morgan fingerprint density at radius 2 is 1.41 bits per heavy atom. The molecule has 13 nitrogen and oxygen atoms in total. The molecule has 6 atom stereocenters. The molecule has 0 saturated carbocycles. The highest BCUT2D eigenvalue weighted by atomic mass is 32.2. The molecule has 9 heterocycles. The SMILES string of the molecule is CC1CC(=O)CS1.CC1CCNC1.CC1CCNC1=O.CC1CCOC1.CC1CCSC1.CC1CNCC1=O.CN1CCCC1.CN1CCCC1=O.CN1CCNC1=O. The van der Waals surface area contributed by atoms with Crippen molar-refractivity contribution in [1.82, 2.24) is 36.0 Å². The van der Waals surface area contributed by atoms with E-state index in [0.717, 1.165) is 95.1 Å². The topological polar surface area (TPSA) is 152 Å². The highest BCUT2D eigenvalue weighted by Gasteiger charge is 2.19. The third kappa shape index (κ3) is 29.1. The number of ketones is 2. The first-order chi connectivity index (χ1) is 28.1. The van der Waals surface area contributed by atoms with E-state index in [0.29, 0.717) is 29.3 Å². The third-order valence-corrected chi connectivity index (χ3v) is 13.6. The number of nitrogens with one attached hydrogen (secondary N) is 4. The first-order valence-electron chi connectivity index (χ1n) is 22.5. The van der Waals surface area contributed by atoms with Crippen LogP contribution in [0.2, 0.25) is 0 Å². The first kappa shape index (κ1) is 55.1. The lowest BCUT2D eigenvalue weighted by Crippen LogP contribution is -2.23. The molecular weight excluding hydrogens is 787 g/mol.